The van der Waals surface area contributed by atoms with Gasteiger partial charge in [-0.05, 0) is 11.1 Å². The van der Waals surface area contributed by atoms with Crippen molar-refractivity contribution < 1.29 is 9.84 Å². The van der Waals surface area contributed by atoms with Crippen LogP contribution in [0.15, 0.2) is 30.2 Å². The zero-order valence-electron chi connectivity index (χ0n) is 5.95. The van der Waals surface area contributed by atoms with Gasteiger partial charge in [-0.25, -0.2) is 0 Å². The Labute approximate surface area is 64.7 Å². The monoisotopic (exact) mass is 148 g/mol. The molecule has 0 saturated heterocycles. The number of aliphatic hydroxyl groups is 1. The van der Waals surface area contributed by atoms with Gasteiger partial charge in [-0.15, -0.1) is 0 Å². The van der Waals surface area contributed by atoms with E-state index in [1.807, 2.05) is 24.3 Å². The lowest BCUT2D eigenvalue weighted by atomic mass is 10.1. The lowest BCUT2D eigenvalue weighted by Gasteiger charge is -2.12. The minimum Gasteiger partial charge on any atom is -0.481 e. The van der Waals surface area contributed by atoms with Gasteiger partial charge in [0, 0.05) is 6.08 Å². The first-order chi connectivity index (χ1) is 5.36. The fraction of sp³-hybridized carbons (Fsp3) is 0.111. The summed E-state index contributed by atoms with van der Waals surface area (Å²) in [6, 6.07) is 7.83. The van der Waals surface area contributed by atoms with Crippen molar-refractivity contribution in [3.63, 3.8) is 0 Å². The van der Waals surface area contributed by atoms with Crippen molar-refractivity contribution in [1.29, 1.82) is 0 Å². The van der Waals surface area contributed by atoms with Crippen LogP contribution in [0.2, 0.25) is 0 Å². The molecule has 0 saturated carbocycles. The van der Waals surface area contributed by atoms with Crippen molar-refractivity contribution in [2.45, 2.75) is 6.61 Å². The summed E-state index contributed by atoms with van der Waals surface area (Å²) < 4.78 is 4.92. The lowest BCUT2D eigenvalue weighted by molar-refractivity contribution is 0.0832. The number of benzene rings is 1. The van der Waals surface area contributed by atoms with Crippen LogP contribution in [0.5, 0.6) is 0 Å². The Morgan fingerprint density at radius 3 is 3.00 bits per heavy atom. The van der Waals surface area contributed by atoms with E-state index in [-0.39, 0.29) is 5.95 Å². The van der Waals surface area contributed by atoms with Gasteiger partial charge in [0.15, 0.2) is 0 Å². The van der Waals surface area contributed by atoms with Crippen LogP contribution >= 0.6 is 0 Å². The summed E-state index contributed by atoms with van der Waals surface area (Å²) in [6.45, 7) is 0.471. The number of hydrogen-bond donors (Lipinski definition) is 1. The molecule has 56 valence electrons. The Hall–Kier alpha value is -1.44. The Kier molecular flexibility index (Phi) is 1.32. The van der Waals surface area contributed by atoms with E-state index >= 15 is 0 Å². The van der Waals surface area contributed by atoms with Crippen LogP contribution in [0.4, 0.5) is 0 Å². The fourth-order valence-electron chi connectivity index (χ4n) is 1.13. The highest BCUT2D eigenvalue weighted by atomic mass is 16.6. The Bertz CT molecular complexity index is 302. The Balaban J connectivity index is 2.51. The average molecular weight is 148 g/mol. The highest BCUT2D eigenvalue weighted by Crippen LogP contribution is 2.19. The first kappa shape index (κ1) is 6.28. The van der Waals surface area contributed by atoms with Gasteiger partial charge in [0.05, 0.1) is 0 Å². The molecule has 11 heavy (non-hydrogen) atoms. The van der Waals surface area contributed by atoms with Gasteiger partial charge in [-0.1, -0.05) is 24.3 Å². The molecule has 0 amide bonds. The second-order valence-corrected chi connectivity index (χ2v) is 2.47. The van der Waals surface area contributed by atoms with Crippen molar-refractivity contribution in [3.8, 4) is 0 Å². The molecular weight excluding hydrogens is 140 g/mol. The van der Waals surface area contributed by atoms with Crippen LogP contribution in [0, 0.1) is 0 Å². The van der Waals surface area contributed by atoms with Gasteiger partial charge in [0.25, 0.3) is 5.95 Å². The van der Waals surface area contributed by atoms with Gasteiger partial charge >= 0.3 is 0 Å². The number of fused-ring (bicyclic) bond motifs is 1. The normalized spacial score (nSPS) is 14.7. The second kappa shape index (κ2) is 2.31. The van der Waals surface area contributed by atoms with E-state index in [9.17, 15) is 0 Å². The average Bonchev–Trinajstić information content (AvgIpc) is 2.04. The summed E-state index contributed by atoms with van der Waals surface area (Å²) in [5, 5.41) is 8.99. The highest BCUT2D eigenvalue weighted by molar-refractivity contribution is 5.55. The van der Waals surface area contributed by atoms with E-state index in [0.717, 1.165) is 11.1 Å². The third-order valence-electron chi connectivity index (χ3n) is 1.71. The molecule has 1 N–H and O–H groups in total. The standard InChI is InChI=1S/C9H8O2/c10-9-5-7-3-1-2-4-8(7)6-11-9/h1-5,10H,6H2. The molecule has 1 aromatic rings. The van der Waals surface area contributed by atoms with E-state index in [2.05, 4.69) is 0 Å². The van der Waals surface area contributed by atoms with Gasteiger partial charge in [-0.2, -0.15) is 0 Å². The minimum atomic E-state index is 0.00343. The summed E-state index contributed by atoms with van der Waals surface area (Å²) in [5.41, 5.74) is 2.15. The molecular formula is C9H8O2. The van der Waals surface area contributed by atoms with E-state index in [0.29, 0.717) is 6.61 Å². The summed E-state index contributed by atoms with van der Waals surface area (Å²) in [6.07, 6.45) is 1.62. The Morgan fingerprint density at radius 2 is 2.09 bits per heavy atom. The topological polar surface area (TPSA) is 29.5 Å². The third-order valence-corrected chi connectivity index (χ3v) is 1.71. The van der Waals surface area contributed by atoms with Gasteiger partial charge in [0.1, 0.15) is 6.61 Å². The van der Waals surface area contributed by atoms with E-state index < -0.39 is 0 Å². The molecule has 0 atom stereocenters. The predicted molar refractivity (Wildman–Crippen MR) is 41.8 cm³/mol. The third kappa shape index (κ3) is 1.07. The smallest absolute Gasteiger partial charge is 0.277 e. The number of hydrogen-bond acceptors (Lipinski definition) is 2. The Morgan fingerprint density at radius 1 is 1.27 bits per heavy atom. The SMILES string of the molecule is OC1=Cc2ccccc2CO1. The zero-order chi connectivity index (χ0) is 7.68. The second-order valence-electron chi connectivity index (χ2n) is 2.47. The zero-order valence-corrected chi connectivity index (χ0v) is 5.95. The first-order valence-corrected chi connectivity index (χ1v) is 3.47. The van der Waals surface area contributed by atoms with Crippen molar-refractivity contribution in [1.82, 2.24) is 0 Å². The summed E-state index contributed by atoms with van der Waals surface area (Å²) in [7, 11) is 0. The summed E-state index contributed by atoms with van der Waals surface area (Å²) in [5.74, 6) is 0.00343. The maximum atomic E-state index is 8.99. The van der Waals surface area contributed by atoms with Crippen molar-refractivity contribution in [3.05, 3.63) is 41.3 Å². The quantitative estimate of drug-likeness (QED) is 0.610. The maximum Gasteiger partial charge on any atom is 0.277 e. The van der Waals surface area contributed by atoms with Crippen molar-refractivity contribution >= 4 is 6.08 Å². The molecule has 2 nitrogen and oxygen atoms in total. The van der Waals surface area contributed by atoms with Gasteiger partial charge in [-0.3, -0.25) is 0 Å². The molecule has 0 unspecified atom stereocenters. The molecule has 0 bridgehead atoms. The van der Waals surface area contributed by atoms with E-state index in [4.69, 9.17) is 9.84 Å². The van der Waals surface area contributed by atoms with Crippen LogP contribution in [0.25, 0.3) is 6.08 Å². The molecule has 0 fully saturated rings. The fourth-order valence-corrected chi connectivity index (χ4v) is 1.13. The van der Waals surface area contributed by atoms with Crippen molar-refractivity contribution in [2.75, 3.05) is 0 Å². The van der Waals surface area contributed by atoms with Crippen LogP contribution in [-0.4, -0.2) is 5.11 Å². The van der Waals surface area contributed by atoms with Crippen molar-refractivity contribution in [2.24, 2.45) is 0 Å². The summed E-state index contributed by atoms with van der Waals surface area (Å²) in [4.78, 5) is 0. The number of aliphatic hydroxyl groups excluding tert-OH is 1. The maximum absolute atomic E-state index is 8.99. The molecule has 2 rings (SSSR count). The molecule has 0 aliphatic carbocycles. The van der Waals surface area contributed by atoms with Gasteiger partial charge in [0.2, 0.25) is 0 Å². The molecule has 1 aromatic carbocycles. The van der Waals surface area contributed by atoms with Crippen LogP contribution in [0.3, 0.4) is 0 Å². The first-order valence-electron chi connectivity index (χ1n) is 3.47. The predicted octanol–water partition coefficient (Wildman–Crippen LogP) is 2.07. The van der Waals surface area contributed by atoms with E-state index in [1.54, 1.807) is 6.08 Å². The largest absolute Gasteiger partial charge is 0.481 e. The van der Waals surface area contributed by atoms with E-state index in [1.165, 1.54) is 0 Å². The van der Waals surface area contributed by atoms with Crippen LogP contribution in [-0.2, 0) is 11.3 Å². The summed E-state index contributed by atoms with van der Waals surface area (Å²) >= 11 is 0. The number of rotatable bonds is 0. The molecule has 1 aliphatic rings. The van der Waals surface area contributed by atoms with Crippen LogP contribution in [0.1, 0.15) is 11.1 Å². The molecule has 0 spiro atoms. The molecule has 0 aromatic heterocycles. The highest BCUT2D eigenvalue weighted by Gasteiger charge is 2.07. The molecule has 1 aliphatic heterocycles. The lowest BCUT2D eigenvalue weighted by Crippen LogP contribution is -2.00. The van der Waals surface area contributed by atoms with Crippen LogP contribution < -0.4 is 0 Å². The van der Waals surface area contributed by atoms with Gasteiger partial charge < -0.3 is 9.84 Å². The molecule has 2 heteroatoms. The molecule has 1 heterocycles. The number of ether oxygens (including phenoxy) is 1. The minimum absolute atomic E-state index is 0.00343. The molecule has 0 radical (unpaired) electrons.